The molecule has 1 aromatic heterocycles. The second kappa shape index (κ2) is 4.61. The molecule has 1 saturated carbocycles. The van der Waals surface area contributed by atoms with E-state index in [-0.39, 0.29) is 0 Å². The smallest absolute Gasteiger partial charge is 0.203 e. The lowest BCUT2D eigenvalue weighted by molar-refractivity contribution is 0.326. The maximum Gasteiger partial charge on any atom is 0.203 e. The molecule has 0 radical (unpaired) electrons. The monoisotopic (exact) mass is 249 g/mol. The Morgan fingerprint density at radius 1 is 1.39 bits per heavy atom. The number of nitrogens with one attached hydrogen (secondary N) is 1. The van der Waals surface area contributed by atoms with Crippen LogP contribution >= 0.6 is 0 Å². The molecule has 1 atom stereocenters. The maximum atomic E-state index is 5.77. The molecule has 1 unspecified atom stereocenters. The van der Waals surface area contributed by atoms with Crippen molar-refractivity contribution in [3.05, 3.63) is 6.33 Å². The van der Waals surface area contributed by atoms with Crippen molar-refractivity contribution in [2.75, 3.05) is 31.2 Å². The summed E-state index contributed by atoms with van der Waals surface area (Å²) in [5.74, 6) is 1.63. The van der Waals surface area contributed by atoms with Crippen molar-refractivity contribution in [2.45, 2.75) is 31.3 Å². The van der Waals surface area contributed by atoms with Crippen LogP contribution in [-0.4, -0.2) is 47.2 Å². The van der Waals surface area contributed by atoms with Gasteiger partial charge in [-0.1, -0.05) is 0 Å². The highest BCUT2D eigenvalue weighted by molar-refractivity contribution is 5.61. The molecule has 3 rings (SSSR count). The lowest BCUT2D eigenvalue weighted by Gasteiger charge is -2.17. The second-order valence-electron chi connectivity index (χ2n) is 5.00. The molecule has 0 spiro atoms. The predicted octanol–water partition coefficient (Wildman–Crippen LogP) is 0.716. The summed E-state index contributed by atoms with van der Waals surface area (Å²) >= 11 is 0. The van der Waals surface area contributed by atoms with E-state index >= 15 is 0 Å². The topological polar surface area (TPSA) is 76.3 Å². The lowest BCUT2D eigenvalue weighted by atomic mass is 10.2. The number of methoxy groups -OCH3 is 1. The fraction of sp³-hybridized carbons (Fsp3) is 0.667. The number of anilines is 2. The molecule has 1 aliphatic carbocycles. The van der Waals surface area contributed by atoms with E-state index in [9.17, 15) is 0 Å². The van der Waals surface area contributed by atoms with Gasteiger partial charge < -0.3 is 15.8 Å². The molecule has 1 aliphatic heterocycles. The van der Waals surface area contributed by atoms with Gasteiger partial charge in [0, 0.05) is 25.2 Å². The summed E-state index contributed by atoms with van der Waals surface area (Å²) in [7, 11) is 1.59. The number of hydrogen-bond donors (Lipinski definition) is 2. The van der Waals surface area contributed by atoms with E-state index in [1.54, 1.807) is 7.11 Å². The first-order valence-electron chi connectivity index (χ1n) is 6.43. The zero-order valence-electron chi connectivity index (χ0n) is 10.6. The quantitative estimate of drug-likeness (QED) is 0.818. The molecule has 18 heavy (non-hydrogen) atoms. The Bertz CT molecular complexity index is 434. The van der Waals surface area contributed by atoms with Gasteiger partial charge in [0.2, 0.25) is 5.75 Å². The van der Waals surface area contributed by atoms with Gasteiger partial charge in [-0.3, -0.25) is 4.90 Å². The number of nitrogens with two attached hydrogens (primary N) is 1. The van der Waals surface area contributed by atoms with E-state index in [0.717, 1.165) is 19.0 Å². The summed E-state index contributed by atoms with van der Waals surface area (Å²) in [4.78, 5) is 10.7. The molecular weight excluding hydrogens is 230 g/mol. The van der Waals surface area contributed by atoms with Crippen molar-refractivity contribution in [3.8, 4) is 5.75 Å². The molecule has 6 nitrogen and oxygen atoms in total. The molecule has 3 N–H and O–H groups in total. The predicted molar refractivity (Wildman–Crippen MR) is 69.6 cm³/mol. The van der Waals surface area contributed by atoms with Crippen LogP contribution < -0.4 is 15.8 Å². The molecular formula is C12H19N5O. The number of nitrogens with zero attached hydrogens (tertiary/aromatic N) is 3. The minimum atomic E-state index is 0.382. The summed E-state index contributed by atoms with van der Waals surface area (Å²) in [6.45, 7) is 2.25. The molecule has 2 heterocycles. The van der Waals surface area contributed by atoms with Crippen molar-refractivity contribution in [2.24, 2.45) is 0 Å². The first-order chi connectivity index (χ1) is 8.78. The summed E-state index contributed by atoms with van der Waals surface area (Å²) in [5, 5.41) is 3.42. The minimum absolute atomic E-state index is 0.382. The SMILES string of the molecule is COc1c(N)ncnc1NC1CCN(C2CC2)C1. The van der Waals surface area contributed by atoms with Gasteiger partial charge in [-0.15, -0.1) is 0 Å². The molecule has 0 amide bonds. The first kappa shape index (κ1) is 11.5. The van der Waals surface area contributed by atoms with E-state index in [4.69, 9.17) is 10.5 Å². The van der Waals surface area contributed by atoms with Gasteiger partial charge in [-0.05, 0) is 19.3 Å². The van der Waals surface area contributed by atoms with Crippen molar-refractivity contribution >= 4 is 11.6 Å². The molecule has 2 fully saturated rings. The number of ether oxygens (including phenoxy) is 1. The van der Waals surface area contributed by atoms with Crippen LogP contribution in [0.3, 0.4) is 0 Å². The number of nitrogen functional groups attached to an aromatic ring is 1. The Morgan fingerprint density at radius 2 is 2.22 bits per heavy atom. The summed E-state index contributed by atoms with van der Waals surface area (Å²) in [6.07, 6.45) is 5.32. The van der Waals surface area contributed by atoms with E-state index in [2.05, 4.69) is 20.2 Å². The van der Waals surface area contributed by atoms with Gasteiger partial charge in [0.25, 0.3) is 0 Å². The van der Waals surface area contributed by atoms with Gasteiger partial charge in [-0.25, -0.2) is 9.97 Å². The fourth-order valence-electron chi connectivity index (χ4n) is 2.56. The zero-order chi connectivity index (χ0) is 12.5. The van der Waals surface area contributed by atoms with Crippen LogP contribution in [0.25, 0.3) is 0 Å². The van der Waals surface area contributed by atoms with Gasteiger partial charge in [0.05, 0.1) is 7.11 Å². The molecule has 2 aliphatic rings. The third-order valence-corrected chi connectivity index (χ3v) is 3.66. The minimum Gasteiger partial charge on any atom is -0.490 e. The van der Waals surface area contributed by atoms with Crippen LogP contribution in [0, 0.1) is 0 Å². The third-order valence-electron chi connectivity index (χ3n) is 3.66. The fourth-order valence-corrected chi connectivity index (χ4v) is 2.56. The van der Waals surface area contributed by atoms with Crippen LogP contribution in [0.1, 0.15) is 19.3 Å². The number of aromatic nitrogens is 2. The van der Waals surface area contributed by atoms with Crippen LogP contribution in [0.15, 0.2) is 6.33 Å². The molecule has 1 aromatic rings. The zero-order valence-corrected chi connectivity index (χ0v) is 10.6. The van der Waals surface area contributed by atoms with Gasteiger partial charge in [0.1, 0.15) is 6.33 Å². The lowest BCUT2D eigenvalue weighted by Crippen LogP contribution is -2.28. The normalized spacial score (nSPS) is 24.2. The van der Waals surface area contributed by atoms with Gasteiger partial charge >= 0.3 is 0 Å². The van der Waals surface area contributed by atoms with Crippen molar-refractivity contribution in [1.82, 2.24) is 14.9 Å². The highest BCUT2D eigenvalue weighted by Crippen LogP contribution is 2.32. The molecule has 98 valence electrons. The standard InChI is InChI=1S/C12H19N5O/c1-18-10-11(13)14-7-15-12(10)16-8-4-5-17(6-8)9-2-3-9/h7-9H,2-6H2,1H3,(H3,13,14,15,16). The summed E-state index contributed by atoms with van der Waals surface area (Å²) in [5.41, 5.74) is 5.77. The highest BCUT2D eigenvalue weighted by atomic mass is 16.5. The van der Waals surface area contributed by atoms with Gasteiger partial charge in [0.15, 0.2) is 11.6 Å². The number of likely N-dealkylation sites (tertiary alicyclic amines) is 1. The van der Waals surface area contributed by atoms with E-state index in [1.165, 1.54) is 25.7 Å². The molecule has 0 bridgehead atoms. The largest absolute Gasteiger partial charge is 0.490 e. The molecule has 6 heteroatoms. The average molecular weight is 249 g/mol. The number of hydrogen-bond acceptors (Lipinski definition) is 6. The Kier molecular flexibility index (Phi) is 2.95. The van der Waals surface area contributed by atoms with Crippen molar-refractivity contribution < 1.29 is 4.74 Å². The maximum absolute atomic E-state index is 5.77. The molecule has 0 aromatic carbocycles. The molecule has 1 saturated heterocycles. The first-order valence-corrected chi connectivity index (χ1v) is 6.43. The Balaban J connectivity index is 1.67. The Labute approximate surface area is 107 Å². The summed E-state index contributed by atoms with van der Waals surface area (Å²) in [6, 6.07) is 1.25. The summed E-state index contributed by atoms with van der Waals surface area (Å²) < 4.78 is 5.25. The highest BCUT2D eigenvalue weighted by Gasteiger charge is 2.34. The van der Waals surface area contributed by atoms with Gasteiger partial charge in [-0.2, -0.15) is 0 Å². The van der Waals surface area contributed by atoms with Crippen LogP contribution in [0.2, 0.25) is 0 Å². The van der Waals surface area contributed by atoms with Crippen LogP contribution in [-0.2, 0) is 0 Å². The van der Waals surface area contributed by atoms with E-state index in [0.29, 0.717) is 23.4 Å². The van der Waals surface area contributed by atoms with Crippen molar-refractivity contribution in [3.63, 3.8) is 0 Å². The van der Waals surface area contributed by atoms with E-state index in [1.807, 2.05) is 0 Å². The second-order valence-corrected chi connectivity index (χ2v) is 5.00. The number of rotatable bonds is 4. The average Bonchev–Trinajstić information content (AvgIpc) is 3.11. The van der Waals surface area contributed by atoms with E-state index < -0.39 is 0 Å². The third kappa shape index (κ3) is 2.20. The van der Waals surface area contributed by atoms with Crippen LogP contribution in [0.5, 0.6) is 5.75 Å². The Hall–Kier alpha value is -1.56. The Morgan fingerprint density at radius 3 is 2.94 bits per heavy atom. The van der Waals surface area contributed by atoms with Crippen LogP contribution in [0.4, 0.5) is 11.6 Å². The van der Waals surface area contributed by atoms with Crippen molar-refractivity contribution in [1.29, 1.82) is 0 Å².